The van der Waals surface area contributed by atoms with Crippen LogP contribution in [0.1, 0.15) is 25.1 Å². The molecule has 1 aliphatic rings. The maximum absolute atomic E-state index is 11.8. The van der Waals surface area contributed by atoms with E-state index in [0.29, 0.717) is 12.0 Å². The molecule has 1 fully saturated rings. The minimum absolute atomic E-state index is 0.287. The van der Waals surface area contributed by atoms with E-state index < -0.39 is 29.6 Å². The Labute approximate surface area is 126 Å². The normalized spacial score (nSPS) is 24.8. The standard InChI is InChI=1S/C14H19N3O5/c1-3-21-12(18)5-4-10-9(15)6-11(22-10)17-7-8(2)13(19)16-14(17)20/h4-5,7,9-11H,3,6,15H2,1-2H3,(H,16,19,20)/b5-4-/t9?,10-,11-/m1/s1. The van der Waals surface area contributed by atoms with Gasteiger partial charge in [0.1, 0.15) is 6.23 Å². The number of ether oxygens (including phenoxy) is 2. The monoisotopic (exact) mass is 309 g/mol. The number of hydrogen-bond donors (Lipinski definition) is 2. The molecule has 2 rings (SSSR count). The molecule has 0 aliphatic carbocycles. The fourth-order valence-corrected chi connectivity index (χ4v) is 2.24. The Kier molecular flexibility index (Phi) is 4.94. The average molecular weight is 309 g/mol. The van der Waals surface area contributed by atoms with E-state index in [1.165, 1.54) is 22.9 Å². The van der Waals surface area contributed by atoms with Gasteiger partial charge >= 0.3 is 11.7 Å². The Bertz CT molecular complexity index is 690. The van der Waals surface area contributed by atoms with Crippen molar-refractivity contribution < 1.29 is 14.3 Å². The summed E-state index contributed by atoms with van der Waals surface area (Å²) in [6.45, 7) is 3.60. The molecule has 0 aromatic carbocycles. The zero-order valence-corrected chi connectivity index (χ0v) is 12.4. The molecule has 8 heteroatoms. The molecule has 0 amide bonds. The predicted molar refractivity (Wildman–Crippen MR) is 78.3 cm³/mol. The minimum Gasteiger partial charge on any atom is -0.463 e. The molecule has 0 spiro atoms. The molecule has 22 heavy (non-hydrogen) atoms. The molecule has 1 saturated heterocycles. The summed E-state index contributed by atoms with van der Waals surface area (Å²) in [6, 6.07) is -0.366. The highest BCUT2D eigenvalue weighted by molar-refractivity contribution is 5.81. The van der Waals surface area contributed by atoms with Crippen LogP contribution < -0.4 is 17.0 Å². The first-order valence-electron chi connectivity index (χ1n) is 7.00. The Morgan fingerprint density at radius 1 is 1.59 bits per heavy atom. The van der Waals surface area contributed by atoms with E-state index in [9.17, 15) is 14.4 Å². The van der Waals surface area contributed by atoms with Gasteiger partial charge in [-0.3, -0.25) is 14.3 Å². The van der Waals surface area contributed by atoms with E-state index in [1.54, 1.807) is 13.8 Å². The molecule has 0 bridgehead atoms. The summed E-state index contributed by atoms with van der Waals surface area (Å²) in [5, 5.41) is 0. The summed E-state index contributed by atoms with van der Waals surface area (Å²) < 4.78 is 11.8. The van der Waals surface area contributed by atoms with Crippen molar-refractivity contribution in [3.05, 3.63) is 44.8 Å². The third-order valence-corrected chi connectivity index (χ3v) is 3.37. The van der Waals surface area contributed by atoms with Gasteiger partial charge in [0.25, 0.3) is 5.56 Å². The number of nitrogens with zero attached hydrogens (tertiary/aromatic N) is 1. The van der Waals surface area contributed by atoms with Crippen LogP contribution in [-0.2, 0) is 14.3 Å². The summed E-state index contributed by atoms with van der Waals surface area (Å²) in [5.41, 5.74) is 5.39. The third kappa shape index (κ3) is 3.52. The van der Waals surface area contributed by atoms with Gasteiger partial charge in [-0.1, -0.05) is 0 Å². The Morgan fingerprint density at radius 3 is 3.00 bits per heavy atom. The molecule has 2 heterocycles. The molecule has 8 nitrogen and oxygen atoms in total. The molecule has 120 valence electrons. The lowest BCUT2D eigenvalue weighted by Gasteiger charge is -2.14. The maximum Gasteiger partial charge on any atom is 0.330 e. The van der Waals surface area contributed by atoms with Crippen molar-refractivity contribution in [2.75, 3.05) is 6.61 Å². The second-order valence-electron chi connectivity index (χ2n) is 5.04. The van der Waals surface area contributed by atoms with Crippen LogP contribution in [0.25, 0.3) is 0 Å². The lowest BCUT2D eigenvalue weighted by molar-refractivity contribution is -0.137. The number of carbonyl (C=O) groups is 1. The number of hydrogen-bond acceptors (Lipinski definition) is 6. The summed E-state index contributed by atoms with van der Waals surface area (Å²) >= 11 is 0. The SMILES string of the molecule is CCOC(=O)/C=C\[C@H]1O[C@@H](n2cc(C)c(=O)[nH]c2=O)CC1N. The third-order valence-electron chi connectivity index (χ3n) is 3.37. The van der Waals surface area contributed by atoms with Crippen molar-refractivity contribution in [3.63, 3.8) is 0 Å². The molecule has 3 N–H and O–H groups in total. The summed E-state index contributed by atoms with van der Waals surface area (Å²) in [4.78, 5) is 36.7. The Balaban J connectivity index is 2.14. The van der Waals surface area contributed by atoms with Crippen LogP contribution in [0.4, 0.5) is 0 Å². The van der Waals surface area contributed by atoms with Crippen LogP contribution in [0, 0.1) is 6.92 Å². The number of rotatable bonds is 4. The van der Waals surface area contributed by atoms with E-state index in [2.05, 4.69) is 4.98 Å². The van der Waals surface area contributed by atoms with E-state index in [0.717, 1.165) is 0 Å². The van der Waals surface area contributed by atoms with Crippen molar-refractivity contribution in [3.8, 4) is 0 Å². The fraction of sp³-hybridized carbons (Fsp3) is 0.500. The van der Waals surface area contributed by atoms with Gasteiger partial charge in [0.05, 0.1) is 12.7 Å². The molecule has 1 aliphatic heterocycles. The average Bonchev–Trinajstić information content (AvgIpc) is 2.82. The van der Waals surface area contributed by atoms with Gasteiger partial charge in [-0.15, -0.1) is 0 Å². The van der Waals surface area contributed by atoms with E-state index in [1.807, 2.05) is 0 Å². The lowest BCUT2D eigenvalue weighted by Crippen LogP contribution is -2.33. The first kappa shape index (κ1) is 16.2. The largest absolute Gasteiger partial charge is 0.463 e. The first-order chi connectivity index (χ1) is 10.4. The van der Waals surface area contributed by atoms with E-state index in [4.69, 9.17) is 15.2 Å². The Morgan fingerprint density at radius 2 is 2.32 bits per heavy atom. The van der Waals surface area contributed by atoms with Crippen molar-refractivity contribution in [1.29, 1.82) is 0 Å². The molecule has 1 aromatic heterocycles. The highest BCUT2D eigenvalue weighted by Crippen LogP contribution is 2.27. The van der Waals surface area contributed by atoms with Crippen LogP contribution in [-0.4, -0.2) is 34.3 Å². The number of carbonyl (C=O) groups excluding carboxylic acids is 1. The van der Waals surface area contributed by atoms with Crippen molar-refractivity contribution in [1.82, 2.24) is 9.55 Å². The van der Waals surface area contributed by atoms with Crippen LogP contribution in [0.3, 0.4) is 0 Å². The van der Waals surface area contributed by atoms with Gasteiger partial charge < -0.3 is 15.2 Å². The van der Waals surface area contributed by atoms with Gasteiger partial charge in [0, 0.05) is 30.3 Å². The zero-order chi connectivity index (χ0) is 16.3. The molecular weight excluding hydrogens is 290 g/mol. The topological polar surface area (TPSA) is 116 Å². The van der Waals surface area contributed by atoms with Crippen LogP contribution >= 0.6 is 0 Å². The summed E-state index contributed by atoms with van der Waals surface area (Å²) in [6.07, 6.45) is 3.52. The molecule has 3 atom stereocenters. The van der Waals surface area contributed by atoms with Crippen molar-refractivity contribution in [2.45, 2.75) is 38.6 Å². The number of aromatic amines is 1. The van der Waals surface area contributed by atoms with Gasteiger partial charge in [0.15, 0.2) is 0 Å². The zero-order valence-electron chi connectivity index (χ0n) is 12.4. The van der Waals surface area contributed by atoms with E-state index in [-0.39, 0.29) is 12.6 Å². The maximum atomic E-state index is 11.8. The number of nitrogens with one attached hydrogen (secondary N) is 1. The highest BCUT2D eigenvalue weighted by Gasteiger charge is 2.33. The molecule has 1 aromatic rings. The number of nitrogens with two attached hydrogens (primary N) is 1. The second-order valence-corrected chi connectivity index (χ2v) is 5.04. The van der Waals surface area contributed by atoms with Gasteiger partial charge in [-0.25, -0.2) is 9.59 Å². The predicted octanol–water partition coefficient (Wildman–Crippen LogP) is -0.421. The number of aromatic nitrogens is 2. The summed E-state index contributed by atoms with van der Waals surface area (Å²) in [5.74, 6) is -0.473. The van der Waals surface area contributed by atoms with Crippen LogP contribution in [0.5, 0.6) is 0 Å². The molecular formula is C14H19N3O5. The summed E-state index contributed by atoms with van der Waals surface area (Å²) in [7, 11) is 0. The minimum atomic E-state index is -0.588. The second kappa shape index (κ2) is 6.71. The van der Waals surface area contributed by atoms with Crippen LogP contribution in [0.15, 0.2) is 27.9 Å². The highest BCUT2D eigenvalue weighted by atomic mass is 16.5. The number of esters is 1. The fourth-order valence-electron chi connectivity index (χ4n) is 2.24. The smallest absolute Gasteiger partial charge is 0.330 e. The quantitative estimate of drug-likeness (QED) is 0.576. The number of H-pyrrole nitrogens is 1. The van der Waals surface area contributed by atoms with Gasteiger partial charge in [-0.05, 0) is 19.9 Å². The lowest BCUT2D eigenvalue weighted by atomic mass is 10.1. The number of aryl methyl sites for hydroxylation is 1. The molecule has 0 radical (unpaired) electrons. The molecule has 1 unspecified atom stereocenters. The Hall–Kier alpha value is -2.19. The first-order valence-corrected chi connectivity index (χ1v) is 7.00. The van der Waals surface area contributed by atoms with Crippen molar-refractivity contribution >= 4 is 5.97 Å². The van der Waals surface area contributed by atoms with Crippen LogP contribution in [0.2, 0.25) is 0 Å². The van der Waals surface area contributed by atoms with Gasteiger partial charge in [-0.2, -0.15) is 0 Å². The molecule has 0 saturated carbocycles. The van der Waals surface area contributed by atoms with Crippen molar-refractivity contribution in [2.24, 2.45) is 5.73 Å². The van der Waals surface area contributed by atoms with Gasteiger partial charge in [0.2, 0.25) is 0 Å². The van der Waals surface area contributed by atoms with E-state index >= 15 is 0 Å².